The average molecular weight is 402 g/mol. The van der Waals surface area contributed by atoms with E-state index < -0.39 is 0 Å². The Morgan fingerprint density at radius 1 is 1.03 bits per heavy atom. The molecule has 1 N–H and O–H groups in total. The Morgan fingerprint density at radius 2 is 1.87 bits per heavy atom. The lowest BCUT2D eigenvalue weighted by molar-refractivity contribution is -0.116. The second kappa shape index (κ2) is 10.5. The lowest BCUT2D eigenvalue weighted by Gasteiger charge is -2.07. The number of para-hydroxylation sites is 1. The Balaban J connectivity index is 1.46. The van der Waals surface area contributed by atoms with E-state index in [-0.39, 0.29) is 19.1 Å². The van der Waals surface area contributed by atoms with Crippen LogP contribution in [0.3, 0.4) is 0 Å². The topological polar surface area (TPSA) is 69.7 Å². The third-order valence-corrected chi connectivity index (χ3v) is 4.21. The van der Waals surface area contributed by atoms with Crippen LogP contribution in [0, 0.1) is 11.8 Å². The van der Waals surface area contributed by atoms with Crippen LogP contribution in [-0.2, 0) is 4.79 Å². The second-order valence-electron chi connectivity index (χ2n) is 6.14. The standard InChI is InChI=1S/C24H22N2O4/c1-28-20-12-10-18(17-22(20)29-2)11-13-23(27)25-14-3-4-16-30-21-9-5-7-19-8-6-15-26-24(19)21/h5-13,15,17H,14,16H2,1-2H3,(H,25,27)/b13-11+. The van der Waals surface area contributed by atoms with E-state index in [1.807, 2.05) is 36.4 Å². The maximum absolute atomic E-state index is 11.9. The fourth-order valence-electron chi connectivity index (χ4n) is 2.74. The zero-order valence-corrected chi connectivity index (χ0v) is 16.8. The van der Waals surface area contributed by atoms with Crippen LogP contribution in [0.5, 0.6) is 17.2 Å². The number of methoxy groups -OCH3 is 2. The van der Waals surface area contributed by atoms with Crippen molar-refractivity contribution in [2.75, 3.05) is 27.4 Å². The van der Waals surface area contributed by atoms with E-state index in [4.69, 9.17) is 14.2 Å². The molecule has 6 nitrogen and oxygen atoms in total. The first-order valence-electron chi connectivity index (χ1n) is 9.31. The number of nitrogens with one attached hydrogen (secondary N) is 1. The molecular formula is C24H22N2O4. The van der Waals surface area contributed by atoms with Crippen molar-refractivity contribution < 1.29 is 19.0 Å². The van der Waals surface area contributed by atoms with E-state index in [1.165, 1.54) is 6.08 Å². The van der Waals surface area contributed by atoms with Crippen molar-refractivity contribution in [1.82, 2.24) is 10.3 Å². The number of fused-ring (bicyclic) bond motifs is 1. The fourth-order valence-corrected chi connectivity index (χ4v) is 2.74. The summed E-state index contributed by atoms with van der Waals surface area (Å²) >= 11 is 0. The van der Waals surface area contributed by atoms with E-state index in [0.717, 1.165) is 16.5 Å². The van der Waals surface area contributed by atoms with Gasteiger partial charge in [-0.25, -0.2) is 0 Å². The summed E-state index contributed by atoms with van der Waals surface area (Å²) in [5, 5.41) is 3.72. The lowest BCUT2D eigenvalue weighted by Crippen LogP contribution is -2.21. The maximum Gasteiger partial charge on any atom is 0.244 e. The molecule has 3 aromatic rings. The molecule has 0 aliphatic rings. The molecule has 0 bridgehead atoms. The molecule has 0 unspecified atom stereocenters. The summed E-state index contributed by atoms with van der Waals surface area (Å²) in [4.78, 5) is 16.3. The molecule has 6 heteroatoms. The fraction of sp³-hybridized carbons (Fsp3) is 0.167. The number of hydrogen-bond donors (Lipinski definition) is 1. The minimum absolute atomic E-state index is 0.215. The molecule has 2 aromatic carbocycles. The van der Waals surface area contributed by atoms with Gasteiger partial charge in [-0.1, -0.05) is 36.1 Å². The van der Waals surface area contributed by atoms with Gasteiger partial charge in [-0.15, -0.1) is 0 Å². The largest absolute Gasteiger partial charge is 0.493 e. The summed E-state index contributed by atoms with van der Waals surface area (Å²) in [6.07, 6.45) is 4.87. The Labute approximate surface area is 175 Å². The minimum Gasteiger partial charge on any atom is -0.493 e. The average Bonchev–Trinajstić information content (AvgIpc) is 2.79. The molecule has 1 aromatic heterocycles. The molecule has 0 fully saturated rings. The summed E-state index contributed by atoms with van der Waals surface area (Å²) in [6, 6.07) is 15.0. The van der Waals surface area contributed by atoms with Gasteiger partial charge >= 0.3 is 0 Å². The van der Waals surface area contributed by atoms with E-state index >= 15 is 0 Å². The van der Waals surface area contributed by atoms with Crippen LogP contribution in [0.1, 0.15) is 5.56 Å². The number of carbonyl (C=O) groups excluding carboxylic acids is 1. The van der Waals surface area contributed by atoms with Gasteiger partial charge < -0.3 is 19.5 Å². The van der Waals surface area contributed by atoms with Crippen molar-refractivity contribution in [1.29, 1.82) is 0 Å². The molecule has 152 valence electrons. The quantitative estimate of drug-likeness (QED) is 0.484. The third kappa shape index (κ3) is 5.52. The predicted molar refractivity (Wildman–Crippen MR) is 117 cm³/mol. The van der Waals surface area contributed by atoms with Crippen LogP contribution in [0.15, 0.2) is 60.8 Å². The van der Waals surface area contributed by atoms with Gasteiger partial charge in [0.15, 0.2) is 11.5 Å². The van der Waals surface area contributed by atoms with E-state index in [0.29, 0.717) is 17.2 Å². The minimum atomic E-state index is -0.238. The Kier molecular flexibility index (Phi) is 7.28. The Hall–Kier alpha value is -3.98. The molecule has 0 saturated carbocycles. The molecule has 0 atom stereocenters. The molecule has 30 heavy (non-hydrogen) atoms. The van der Waals surface area contributed by atoms with Crippen molar-refractivity contribution in [2.45, 2.75) is 0 Å². The SMILES string of the molecule is COc1ccc(/C=C/C(=O)NCC#CCOc2cccc3cccnc23)cc1OC. The zero-order chi connectivity index (χ0) is 21.2. The smallest absolute Gasteiger partial charge is 0.244 e. The predicted octanol–water partition coefficient (Wildman–Crippen LogP) is 3.46. The van der Waals surface area contributed by atoms with Crippen molar-refractivity contribution in [3.05, 3.63) is 66.4 Å². The molecule has 1 heterocycles. The summed E-state index contributed by atoms with van der Waals surface area (Å²) in [5.74, 6) is 7.44. The van der Waals surface area contributed by atoms with Gasteiger partial charge in [0.1, 0.15) is 17.9 Å². The van der Waals surface area contributed by atoms with Crippen LogP contribution in [0.2, 0.25) is 0 Å². The third-order valence-electron chi connectivity index (χ3n) is 4.21. The van der Waals surface area contributed by atoms with Gasteiger partial charge in [0.2, 0.25) is 5.91 Å². The molecule has 0 aliphatic heterocycles. The van der Waals surface area contributed by atoms with Crippen molar-refractivity contribution >= 4 is 22.9 Å². The van der Waals surface area contributed by atoms with E-state index in [2.05, 4.69) is 22.1 Å². The van der Waals surface area contributed by atoms with Gasteiger partial charge in [-0.3, -0.25) is 9.78 Å². The highest BCUT2D eigenvalue weighted by Gasteiger charge is 2.03. The van der Waals surface area contributed by atoms with Crippen molar-refractivity contribution in [3.8, 4) is 29.1 Å². The maximum atomic E-state index is 11.9. The summed E-state index contributed by atoms with van der Waals surface area (Å²) in [5.41, 5.74) is 1.63. The summed E-state index contributed by atoms with van der Waals surface area (Å²) < 4.78 is 16.1. The summed E-state index contributed by atoms with van der Waals surface area (Å²) in [7, 11) is 3.14. The Bertz CT molecular complexity index is 1110. The number of amides is 1. The van der Waals surface area contributed by atoms with E-state index in [1.54, 1.807) is 38.6 Å². The number of rotatable bonds is 7. The molecule has 3 rings (SSSR count). The number of ether oxygens (including phenoxy) is 3. The number of pyridine rings is 1. The lowest BCUT2D eigenvalue weighted by atomic mass is 10.2. The monoisotopic (exact) mass is 402 g/mol. The number of hydrogen-bond acceptors (Lipinski definition) is 5. The Morgan fingerprint density at radius 3 is 2.70 bits per heavy atom. The van der Waals surface area contributed by atoms with Gasteiger partial charge in [-0.2, -0.15) is 0 Å². The van der Waals surface area contributed by atoms with Crippen LogP contribution >= 0.6 is 0 Å². The highest BCUT2D eigenvalue weighted by Crippen LogP contribution is 2.28. The highest BCUT2D eigenvalue weighted by atomic mass is 16.5. The second-order valence-corrected chi connectivity index (χ2v) is 6.14. The zero-order valence-electron chi connectivity index (χ0n) is 16.8. The number of benzene rings is 2. The molecule has 1 amide bonds. The molecule has 0 saturated heterocycles. The molecular weight excluding hydrogens is 380 g/mol. The molecule has 0 radical (unpaired) electrons. The summed E-state index contributed by atoms with van der Waals surface area (Å²) in [6.45, 7) is 0.444. The van der Waals surface area contributed by atoms with Crippen LogP contribution in [-0.4, -0.2) is 38.3 Å². The van der Waals surface area contributed by atoms with E-state index in [9.17, 15) is 4.79 Å². The first-order chi connectivity index (χ1) is 14.7. The molecule has 0 aliphatic carbocycles. The van der Waals surface area contributed by atoms with Crippen LogP contribution < -0.4 is 19.5 Å². The number of carbonyl (C=O) groups is 1. The van der Waals surface area contributed by atoms with Crippen molar-refractivity contribution in [2.24, 2.45) is 0 Å². The first kappa shape index (κ1) is 20.7. The molecule has 0 spiro atoms. The van der Waals surface area contributed by atoms with Crippen LogP contribution in [0.25, 0.3) is 17.0 Å². The first-order valence-corrected chi connectivity index (χ1v) is 9.31. The van der Waals surface area contributed by atoms with Gasteiger partial charge in [0, 0.05) is 17.7 Å². The van der Waals surface area contributed by atoms with Gasteiger partial charge in [0.25, 0.3) is 0 Å². The normalized spacial score (nSPS) is 10.3. The van der Waals surface area contributed by atoms with Gasteiger partial charge in [0.05, 0.1) is 20.8 Å². The van der Waals surface area contributed by atoms with Gasteiger partial charge in [-0.05, 0) is 35.9 Å². The van der Waals surface area contributed by atoms with Crippen LogP contribution in [0.4, 0.5) is 0 Å². The highest BCUT2D eigenvalue weighted by molar-refractivity contribution is 5.92. The number of aromatic nitrogens is 1. The van der Waals surface area contributed by atoms with Crippen molar-refractivity contribution in [3.63, 3.8) is 0 Å². The number of nitrogens with zero attached hydrogens (tertiary/aromatic N) is 1.